The smallest absolute Gasteiger partial charge is 0.250 e. The molecule has 1 saturated heterocycles. The number of methoxy groups -OCH3 is 1. The van der Waals surface area contributed by atoms with Crippen molar-refractivity contribution in [3.63, 3.8) is 0 Å². The second-order valence-corrected chi connectivity index (χ2v) is 8.11. The topological polar surface area (TPSA) is 76.2 Å². The number of hydrogen-bond acceptors (Lipinski definition) is 5. The first-order valence-corrected chi connectivity index (χ1v) is 10.6. The molecule has 0 aromatic heterocycles. The van der Waals surface area contributed by atoms with E-state index in [-0.39, 0.29) is 18.9 Å². The van der Waals surface area contributed by atoms with Crippen molar-refractivity contribution in [2.24, 2.45) is 0 Å². The molecule has 32 heavy (non-hydrogen) atoms. The van der Waals surface area contributed by atoms with Gasteiger partial charge in [-0.2, -0.15) is 0 Å². The summed E-state index contributed by atoms with van der Waals surface area (Å²) in [7, 11) is 1.60. The van der Waals surface area contributed by atoms with Crippen molar-refractivity contribution < 1.29 is 23.9 Å². The third kappa shape index (κ3) is 3.52. The number of carbonyl (C=O) groups excluding carboxylic acids is 3. The Hall–Kier alpha value is -3.32. The Morgan fingerprint density at radius 3 is 2.44 bits per heavy atom. The highest BCUT2D eigenvalue weighted by Gasteiger charge is 2.63. The molecule has 8 heteroatoms. The maximum Gasteiger partial charge on any atom is 0.250 e. The summed E-state index contributed by atoms with van der Waals surface area (Å²) in [5.41, 5.74) is -0.474. The normalized spacial score (nSPS) is 19.6. The van der Waals surface area contributed by atoms with Gasteiger partial charge >= 0.3 is 0 Å². The molecular weight excluding hydrogens is 432 g/mol. The van der Waals surface area contributed by atoms with E-state index in [2.05, 4.69) is 6.58 Å². The Morgan fingerprint density at radius 1 is 1.06 bits per heavy atom. The fourth-order valence-corrected chi connectivity index (χ4v) is 4.45. The van der Waals surface area contributed by atoms with Crippen molar-refractivity contribution in [2.75, 3.05) is 31.7 Å². The minimum atomic E-state index is -1.56. The average molecular weight is 455 g/mol. The predicted octanol–water partition coefficient (Wildman–Crippen LogP) is 3.35. The van der Waals surface area contributed by atoms with E-state index in [0.29, 0.717) is 41.6 Å². The summed E-state index contributed by atoms with van der Waals surface area (Å²) >= 11 is 6.19. The van der Waals surface area contributed by atoms with Gasteiger partial charge in [0.25, 0.3) is 0 Å². The van der Waals surface area contributed by atoms with Gasteiger partial charge in [0, 0.05) is 29.4 Å². The molecule has 1 fully saturated rings. The molecule has 4 rings (SSSR count). The Kier molecular flexibility index (Phi) is 5.93. The van der Waals surface area contributed by atoms with E-state index >= 15 is 0 Å². The van der Waals surface area contributed by atoms with Gasteiger partial charge in [-0.15, -0.1) is 6.58 Å². The molecule has 0 radical (unpaired) electrons. The van der Waals surface area contributed by atoms with E-state index in [1.165, 1.54) is 6.08 Å². The summed E-state index contributed by atoms with van der Waals surface area (Å²) in [4.78, 5) is 42.0. The first-order chi connectivity index (χ1) is 15.4. The number of ether oxygens (including phenoxy) is 2. The number of hydrogen-bond donors (Lipinski definition) is 0. The minimum absolute atomic E-state index is 0.0678. The van der Waals surface area contributed by atoms with Crippen molar-refractivity contribution in [1.82, 2.24) is 4.90 Å². The Balaban J connectivity index is 1.53. The summed E-state index contributed by atoms with van der Waals surface area (Å²) in [5, 5.41) is 0.406. The van der Waals surface area contributed by atoms with E-state index in [1.54, 1.807) is 42.3 Å². The molecule has 2 heterocycles. The van der Waals surface area contributed by atoms with Gasteiger partial charge < -0.3 is 14.4 Å². The van der Waals surface area contributed by atoms with Crippen LogP contribution in [0.4, 0.5) is 5.69 Å². The van der Waals surface area contributed by atoms with Crippen molar-refractivity contribution in [3.8, 4) is 11.5 Å². The van der Waals surface area contributed by atoms with E-state index in [0.717, 1.165) is 10.6 Å². The quantitative estimate of drug-likeness (QED) is 0.264. The van der Waals surface area contributed by atoms with Crippen molar-refractivity contribution in [2.45, 2.75) is 18.3 Å². The first kappa shape index (κ1) is 21.9. The summed E-state index contributed by atoms with van der Waals surface area (Å²) in [6, 6.07) is 12.2. The van der Waals surface area contributed by atoms with E-state index < -0.39 is 17.2 Å². The molecule has 0 saturated carbocycles. The Labute approximate surface area is 191 Å². The lowest BCUT2D eigenvalue weighted by Gasteiger charge is -2.22. The highest BCUT2D eigenvalue weighted by molar-refractivity contribution is 6.32. The zero-order valence-corrected chi connectivity index (χ0v) is 18.4. The van der Waals surface area contributed by atoms with Crippen molar-refractivity contribution in [3.05, 3.63) is 65.7 Å². The van der Waals surface area contributed by atoms with E-state index in [9.17, 15) is 14.4 Å². The highest BCUT2D eigenvalue weighted by Crippen LogP contribution is 2.49. The molecule has 0 aliphatic carbocycles. The van der Waals surface area contributed by atoms with Crippen LogP contribution in [0, 0.1) is 0 Å². The summed E-state index contributed by atoms with van der Waals surface area (Å²) < 4.78 is 10.9. The van der Waals surface area contributed by atoms with E-state index in [4.69, 9.17) is 21.1 Å². The molecule has 166 valence electrons. The summed E-state index contributed by atoms with van der Waals surface area (Å²) in [6.45, 7) is 4.39. The molecule has 1 spiro atoms. The molecule has 1 atom stereocenters. The molecule has 7 nitrogen and oxygen atoms in total. The lowest BCUT2D eigenvalue weighted by molar-refractivity contribution is -0.140. The summed E-state index contributed by atoms with van der Waals surface area (Å²) in [6.07, 6.45) is 1.81. The van der Waals surface area contributed by atoms with E-state index in [1.807, 2.05) is 12.1 Å². The third-order valence-corrected chi connectivity index (χ3v) is 6.05. The fraction of sp³-hybridized carbons (Fsp3) is 0.292. The molecule has 3 amide bonds. The molecule has 2 aliphatic rings. The lowest BCUT2D eigenvalue weighted by Crippen LogP contribution is -2.46. The largest absolute Gasteiger partial charge is 0.497 e. The van der Waals surface area contributed by atoms with Gasteiger partial charge in [0.2, 0.25) is 17.7 Å². The SMILES string of the molecule is C=CCN1C(=O)CC2(C1=O)C(=O)N(CCCOc1ccc(OC)cc1)c1ccc(Cl)cc12. The highest BCUT2D eigenvalue weighted by atomic mass is 35.5. The first-order valence-electron chi connectivity index (χ1n) is 10.3. The number of carbonyl (C=O) groups is 3. The molecule has 2 aliphatic heterocycles. The molecular formula is C24H23ClN2O5. The zero-order chi connectivity index (χ0) is 22.9. The van der Waals surface area contributed by atoms with Crippen LogP contribution in [-0.4, -0.2) is 49.4 Å². The maximum atomic E-state index is 13.5. The molecule has 2 aromatic rings. The Bertz CT molecular complexity index is 1080. The number of rotatable bonds is 8. The standard InChI is InChI=1S/C24H23ClN2O5/c1-3-11-27-21(28)15-24(23(27)30)19-14-16(25)5-10-20(19)26(22(24)29)12-4-13-32-18-8-6-17(31-2)7-9-18/h3,5-10,14H,1,4,11-13,15H2,2H3. The molecule has 1 unspecified atom stereocenters. The van der Waals surface area contributed by atoms with Gasteiger partial charge in [-0.25, -0.2) is 0 Å². The van der Waals surface area contributed by atoms with Crippen molar-refractivity contribution >= 4 is 35.0 Å². The fourth-order valence-electron chi connectivity index (χ4n) is 4.28. The maximum absolute atomic E-state index is 13.5. The number of benzene rings is 2. The monoisotopic (exact) mass is 454 g/mol. The van der Waals surface area contributed by atoms with Gasteiger partial charge in [-0.3, -0.25) is 19.3 Å². The van der Waals surface area contributed by atoms with Crippen LogP contribution in [0.2, 0.25) is 5.02 Å². The number of fused-ring (bicyclic) bond motifs is 2. The van der Waals surface area contributed by atoms with Gasteiger partial charge in [-0.1, -0.05) is 17.7 Å². The molecule has 2 aromatic carbocycles. The van der Waals surface area contributed by atoms with Gasteiger partial charge in [0.1, 0.15) is 11.5 Å². The zero-order valence-electron chi connectivity index (χ0n) is 17.7. The minimum Gasteiger partial charge on any atom is -0.497 e. The number of likely N-dealkylation sites (tertiary alicyclic amines) is 1. The van der Waals surface area contributed by atoms with Crippen LogP contribution < -0.4 is 14.4 Å². The average Bonchev–Trinajstić information content (AvgIpc) is 3.18. The number of imide groups is 1. The van der Waals surface area contributed by atoms with Crippen LogP contribution in [0.25, 0.3) is 0 Å². The Morgan fingerprint density at radius 2 is 1.75 bits per heavy atom. The molecule has 0 N–H and O–H groups in total. The number of anilines is 1. The van der Waals surface area contributed by atoms with Gasteiger partial charge in [-0.05, 0) is 48.9 Å². The van der Waals surface area contributed by atoms with Crippen LogP contribution in [0.1, 0.15) is 18.4 Å². The lowest BCUT2D eigenvalue weighted by atomic mass is 9.80. The van der Waals surface area contributed by atoms with Crippen LogP contribution >= 0.6 is 11.6 Å². The molecule has 0 bridgehead atoms. The van der Waals surface area contributed by atoms with Crippen LogP contribution in [0.15, 0.2) is 55.1 Å². The second kappa shape index (κ2) is 8.67. The third-order valence-electron chi connectivity index (χ3n) is 5.81. The second-order valence-electron chi connectivity index (χ2n) is 7.68. The van der Waals surface area contributed by atoms with Crippen LogP contribution in [0.5, 0.6) is 11.5 Å². The number of amides is 3. The van der Waals surface area contributed by atoms with Crippen LogP contribution in [-0.2, 0) is 19.8 Å². The number of nitrogens with zero attached hydrogens (tertiary/aromatic N) is 2. The number of halogens is 1. The predicted molar refractivity (Wildman–Crippen MR) is 120 cm³/mol. The van der Waals surface area contributed by atoms with Gasteiger partial charge in [0.05, 0.1) is 20.1 Å². The summed E-state index contributed by atoms with van der Waals surface area (Å²) in [5.74, 6) is 0.122. The van der Waals surface area contributed by atoms with Gasteiger partial charge in [0.15, 0.2) is 5.41 Å². The van der Waals surface area contributed by atoms with Crippen molar-refractivity contribution in [1.29, 1.82) is 0 Å². The van der Waals surface area contributed by atoms with Crippen LogP contribution in [0.3, 0.4) is 0 Å².